The standard InChI is InChI=1S/C13H9ClF2N2O3/c1-6-11(21-13(15)16)10(8(5-18-6)12(19)20)7-2-3-17-9(14)4-7/h2-5,13H,1H3,(H,19,20). The lowest BCUT2D eigenvalue weighted by molar-refractivity contribution is -0.0502. The third-order valence-corrected chi connectivity index (χ3v) is 2.87. The number of carboxylic acid groups (broad SMARTS) is 1. The Morgan fingerprint density at radius 1 is 1.43 bits per heavy atom. The molecule has 2 rings (SSSR count). The molecular weight excluding hydrogens is 306 g/mol. The minimum Gasteiger partial charge on any atom is -0.478 e. The van der Waals surface area contributed by atoms with E-state index in [1.54, 1.807) is 0 Å². The van der Waals surface area contributed by atoms with Crippen LogP contribution < -0.4 is 4.74 Å². The Hall–Kier alpha value is -2.28. The molecule has 0 unspecified atom stereocenters. The van der Waals surface area contributed by atoms with Crippen molar-refractivity contribution >= 4 is 17.6 Å². The summed E-state index contributed by atoms with van der Waals surface area (Å²) in [5, 5.41) is 9.31. The number of hydrogen-bond donors (Lipinski definition) is 1. The fourth-order valence-corrected chi connectivity index (χ4v) is 2.00. The fourth-order valence-electron chi connectivity index (χ4n) is 1.83. The Labute approximate surface area is 123 Å². The predicted octanol–water partition coefficient (Wildman–Crippen LogP) is 3.41. The van der Waals surface area contributed by atoms with Gasteiger partial charge in [-0.3, -0.25) is 4.98 Å². The largest absolute Gasteiger partial charge is 0.478 e. The van der Waals surface area contributed by atoms with E-state index in [0.717, 1.165) is 6.20 Å². The van der Waals surface area contributed by atoms with Crippen LogP contribution in [0.2, 0.25) is 5.15 Å². The lowest BCUT2D eigenvalue weighted by Crippen LogP contribution is -2.10. The van der Waals surface area contributed by atoms with Gasteiger partial charge in [-0.15, -0.1) is 0 Å². The van der Waals surface area contributed by atoms with Crippen LogP contribution >= 0.6 is 11.6 Å². The van der Waals surface area contributed by atoms with Gasteiger partial charge in [-0.25, -0.2) is 9.78 Å². The zero-order valence-electron chi connectivity index (χ0n) is 10.7. The number of rotatable bonds is 4. The topological polar surface area (TPSA) is 72.3 Å². The number of pyridine rings is 2. The molecule has 0 aromatic carbocycles. The van der Waals surface area contributed by atoms with Crippen molar-refractivity contribution in [2.75, 3.05) is 0 Å². The van der Waals surface area contributed by atoms with Gasteiger partial charge in [0, 0.05) is 18.0 Å². The van der Waals surface area contributed by atoms with E-state index in [1.807, 2.05) is 0 Å². The maximum absolute atomic E-state index is 12.6. The maximum atomic E-state index is 12.6. The zero-order chi connectivity index (χ0) is 15.6. The summed E-state index contributed by atoms with van der Waals surface area (Å²) >= 11 is 5.76. The van der Waals surface area contributed by atoms with Gasteiger partial charge < -0.3 is 9.84 Å². The highest BCUT2D eigenvalue weighted by Gasteiger charge is 2.22. The Balaban J connectivity index is 2.75. The summed E-state index contributed by atoms with van der Waals surface area (Å²) in [6, 6.07) is 2.81. The number of ether oxygens (including phenoxy) is 1. The van der Waals surface area contributed by atoms with E-state index in [0.29, 0.717) is 5.56 Å². The quantitative estimate of drug-likeness (QED) is 0.876. The molecule has 0 aliphatic heterocycles. The third-order valence-electron chi connectivity index (χ3n) is 2.66. The van der Waals surface area contributed by atoms with E-state index in [-0.39, 0.29) is 27.7 Å². The average Bonchev–Trinajstić information content (AvgIpc) is 2.40. The molecule has 110 valence electrons. The van der Waals surface area contributed by atoms with Gasteiger partial charge in [0.05, 0.1) is 11.3 Å². The number of carbonyl (C=O) groups is 1. The van der Waals surface area contributed by atoms with E-state index < -0.39 is 12.6 Å². The number of aromatic nitrogens is 2. The number of hydrogen-bond acceptors (Lipinski definition) is 4. The van der Waals surface area contributed by atoms with Gasteiger partial charge in [0.25, 0.3) is 0 Å². The second-order valence-corrected chi connectivity index (χ2v) is 4.40. The molecule has 0 radical (unpaired) electrons. The van der Waals surface area contributed by atoms with Crippen LogP contribution in [0, 0.1) is 6.92 Å². The number of nitrogens with zero attached hydrogens (tertiary/aromatic N) is 2. The highest BCUT2D eigenvalue weighted by molar-refractivity contribution is 6.29. The Morgan fingerprint density at radius 3 is 2.71 bits per heavy atom. The third kappa shape index (κ3) is 3.25. The normalized spacial score (nSPS) is 10.7. The molecule has 0 atom stereocenters. The second kappa shape index (κ2) is 6.01. The molecule has 0 fully saturated rings. The Bertz CT molecular complexity index is 695. The van der Waals surface area contributed by atoms with Crippen molar-refractivity contribution in [1.29, 1.82) is 0 Å². The van der Waals surface area contributed by atoms with Crippen LogP contribution in [0.1, 0.15) is 16.1 Å². The van der Waals surface area contributed by atoms with Crippen molar-refractivity contribution in [3.05, 3.63) is 40.9 Å². The predicted molar refractivity (Wildman–Crippen MR) is 70.8 cm³/mol. The number of halogens is 3. The number of aromatic carboxylic acids is 1. The minimum absolute atomic E-state index is 0.0143. The van der Waals surface area contributed by atoms with Crippen molar-refractivity contribution in [2.24, 2.45) is 0 Å². The van der Waals surface area contributed by atoms with Gasteiger partial charge in [-0.2, -0.15) is 8.78 Å². The van der Waals surface area contributed by atoms with Gasteiger partial charge >= 0.3 is 12.6 Å². The molecule has 21 heavy (non-hydrogen) atoms. The molecule has 0 aliphatic carbocycles. The first-order chi connectivity index (χ1) is 9.90. The molecule has 5 nitrogen and oxygen atoms in total. The monoisotopic (exact) mass is 314 g/mol. The van der Waals surface area contributed by atoms with Crippen LogP contribution in [-0.2, 0) is 0 Å². The molecule has 8 heteroatoms. The van der Waals surface area contributed by atoms with Gasteiger partial charge in [0.15, 0.2) is 5.75 Å². The molecule has 2 aromatic heterocycles. The van der Waals surface area contributed by atoms with E-state index in [9.17, 15) is 18.7 Å². The minimum atomic E-state index is -3.11. The summed E-state index contributed by atoms with van der Waals surface area (Å²) in [6.45, 7) is -1.67. The smallest absolute Gasteiger partial charge is 0.387 e. The first-order valence-corrected chi connectivity index (χ1v) is 6.07. The highest BCUT2D eigenvalue weighted by atomic mass is 35.5. The SMILES string of the molecule is Cc1ncc(C(=O)O)c(-c2ccnc(Cl)c2)c1OC(F)F. The van der Waals surface area contributed by atoms with E-state index in [4.69, 9.17) is 11.6 Å². The number of aryl methyl sites for hydroxylation is 1. The summed E-state index contributed by atoms with van der Waals surface area (Å²) in [7, 11) is 0. The average molecular weight is 315 g/mol. The van der Waals surface area contributed by atoms with Crippen LogP contribution in [0.15, 0.2) is 24.5 Å². The molecule has 0 saturated carbocycles. The van der Waals surface area contributed by atoms with Crippen molar-refractivity contribution in [1.82, 2.24) is 9.97 Å². The van der Waals surface area contributed by atoms with E-state index in [2.05, 4.69) is 14.7 Å². The van der Waals surface area contributed by atoms with Crippen LogP contribution in [0.5, 0.6) is 5.75 Å². The summed E-state index contributed by atoms with van der Waals surface area (Å²) in [5.41, 5.74) is 0.162. The van der Waals surface area contributed by atoms with Crippen LogP contribution in [0.4, 0.5) is 8.78 Å². The molecule has 0 bridgehead atoms. The first kappa shape index (κ1) is 15.1. The summed E-state index contributed by atoms with van der Waals surface area (Å²) in [6.07, 6.45) is 2.42. The van der Waals surface area contributed by atoms with Gasteiger partial charge in [-0.1, -0.05) is 11.6 Å². The number of alkyl halides is 2. The van der Waals surface area contributed by atoms with E-state index in [1.165, 1.54) is 25.3 Å². The Kier molecular flexibility index (Phi) is 4.32. The fraction of sp³-hybridized carbons (Fsp3) is 0.154. The molecule has 2 aromatic rings. The lowest BCUT2D eigenvalue weighted by Gasteiger charge is -2.15. The van der Waals surface area contributed by atoms with Gasteiger partial charge in [-0.05, 0) is 24.6 Å². The van der Waals surface area contributed by atoms with Crippen molar-refractivity contribution < 1.29 is 23.4 Å². The zero-order valence-corrected chi connectivity index (χ0v) is 11.4. The van der Waals surface area contributed by atoms with Gasteiger partial charge in [0.1, 0.15) is 5.15 Å². The van der Waals surface area contributed by atoms with Crippen LogP contribution in [-0.4, -0.2) is 27.7 Å². The molecule has 1 N–H and O–H groups in total. The lowest BCUT2D eigenvalue weighted by atomic mass is 10.0. The summed E-state index contributed by atoms with van der Waals surface area (Å²) in [5.74, 6) is -1.61. The van der Waals surface area contributed by atoms with Crippen molar-refractivity contribution in [3.8, 4) is 16.9 Å². The molecule has 0 saturated heterocycles. The maximum Gasteiger partial charge on any atom is 0.387 e. The van der Waals surface area contributed by atoms with E-state index >= 15 is 0 Å². The molecule has 0 amide bonds. The van der Waals surface area contributed by atoms with Gasteiger partial charge in [0.2, 0.25) is 0 Å². The number of carboxylic acids is 1. The summed E-state index contributed by atoms with van der Waals surface area (Å²) < 4.78 is 29.6. The summed E-state index contributed by atoms with van der Waals surface area (Å²) in [4.78, 5) is 18.8. The highest BCUT2D eigenvalue weighted by Crippen LogP contribution is 2.36. The van der Waals surface area contributed by atoms with Crippen LogP contribution in [0.25, 0.3) is 11.1 Å². The molecule has 2 heterocycles. The van der Waals surface area contributed by atoms with Crippen molar-refractivity contribution in [2.45, 2.75) is 13.5 Å². The first-order valence-electron chi connectivity index (χ1n) is 5.69. The molecular formula is C13H9ClF2N2O3. The Morgan fingerprint density at radius 2 is 2.14 bits per heavy atom. The molecule has 0 aliphatic rings. The van der Waals surface area contributed by atoms with Crippen molar-refractivity contribution in [3.63, 3.8) is 0 Å². The second-order valence-electron chi connectivity index (χ2n) is 4.01. The molecule has 0 spiro atoms. The van der Waals surface area contributed by atoms with Crippen LogP contribution in [0.3, 0.4) is 0 Å².